The van der Waals surface area contributed by atoms with E-state index in [0.717, 1.165) is 0 Å². The fraction of sp³-hybridized carbons (Fsp3) is 0. The monoisotopic (exact) mass is 636 g/mol. The zero-order valence-electron chi connectivity index (χ0n) is 24.0. The van der Waals surface area contributed by atoms with E-state index in [1.165, 1.54) is 50.6 Å². The van der Waals surface area contributed by atoms with Gasteiger partial charge in [0.05, 0.1) is 0 Å². The maximum absolute atomic E-state index is 2.37. The molecule has 6 aromatic carbocycles. The van der Waals surface area contributed by atoms with Crippen molar-refractivity contribution in [2.24, 2.45) is 0 Å². The first kappa shape index (κ1) is 28.8. The third-order valence-electron chi connectivity index (χ3n) is 7.32. The molecule has 4 heteroatoms. The Morgan fingerprint density at radius 3 is 0.864 bits per heavy atom. The van der Waals surface area contributed by atoms with Crippen LogP contribution in [-0.4, -0.2) is 0 Å². The minimum atomic E-state index is -0.474. The molecule has 0 atom stereocenters. The minimum Gasteiger partial charge on any atom is -0.135 e. The quantitative estimate of drug-likeness (QED) is 0.160. The molecule has 8 aromatic rings. The Balaban J connectivity index is 0.000000142. The fourth-order valence-electron chi connectivity index (χ4n) is 5.27. The zero-order valence-corrected chi connectivity index (χ0v) is 27.5. The van der Waals surface area contributed by atoms with E-state index < -0.39 is 15.8 Å². The summed E-state index contributed by atoms with van der Waals surface area (Å²) >= 11 is 3.85. The maximum Gasteiger partial charge on any atom is 0.0381 e. The van der Waals surface area contributed by atoms with E-state index in [-0.39, 0.29) is 0 Å². The lowest BCUT2D eigenvalue weighted by Gasteiger charge is -2.16. The van der Waals surface area contributed by atoms with Gasteiger partial charge in [-0.25, -0.2) is 0 Å². The van der Waals surface area contributed by atoms with Crippen molar-refractivity contribution in [2.75, 3.05) is 0 Å². The molecule has 0 amide bonds. The van der Waals surface area contributed by atoms with Gasteiger partial charge in [0.2, 0.25) is 0 Å². The van der Waals surface area contributed by atoms with Gasteiger partial charge in [0.25, 0.3) is 0 Å². The lowest BCUT2D eigenvalue weighted by molar-refractivity contribution is 1.75. The molecular formula is C40H30P2S2. The number of rotatable bonds is 6. The van der Waals surface area contributed by atoms with Gasteiger partial charge in [-0.1, -0.05) is 158 Å². The molecule has 2 aromatic heterocycles. The average Bonchev–Trinajstić information content (AvgIpc) is 3.72. The third kappa shape index (κ3) is 6.46. The predicted octanol–water partition coefficient (Wildman–Crippen LogP) is 9.32. The summed E-state index contributed by atoms with van der Waals surface area (Å²) in [6.07, 6.45) is 0. The third-order valence-corrected chi connectivity index (χ3v) is 15.2. The molecule has 2 heterocycles. The van der Waals surface area contributed by atoms with E-state index in [4.69, 9.17) is 0 Å². The maximum atomic E-state index is 2.37. The highest BCUT2D eigenvalue weighted by atomic mass is 32.1. The van der Waals surface area contributed by atoms with Crippen molar-refractivity contribution in [1.82, 2.24) is 0 Å². The predicted molar refractivity (Wildman–Crippen MR) is 201 cm³/mol. The Labute approximate surface area is 269 Å². The van der Waals surface area contributed by atoms with Gasteiger partial charge < -0.3 is 0 Å². The van der Waals surface area contributed by atoms with Crippen LogP contribution in [0.5, 0.6) is 0 Å². The van der Waals surface area contributed by atoms with Gasteiger partial charge in [0, 0.05) is 18.6 Å². The van der Waals surface area contributed by atoms with Gasteiger partial charge in [0.15, 0.2) is 0 Å². The molecule has 0 fully saturated rings. The largest absolute Gasteiger partial charge is 0.135 e. The van der Waals surface area contributed by atoms with Crippen molar-refractivity contribution in [2.45, 2.75) is 0 Å². The minimum absolute atomic E-state index is 0.474. The molecule has 0 N–H and O–H groups in total. The van der Waals surface area contributed by atoms with Crippen LogP contribution in [0.2, 0.25) is 0 Å². The molecule has 8 rings (SSSR count). The highest BCUT2D eigenvalue weighted by Gasteiger charge is 2.19. The summed E-state index contributed by atoms with van der Waals surface area (Å²) in [6.45, 7) is 0. The lowest BCUT2D eigenvalue weighted by atomic mass is 10.3. The Bertz CT molecular complexity index is 1770. The Morgan fingerprint density at radius 1 is 0.295 bits per heavy atom. The SMILES string of the molecule is c1ccc(P(c2ccccc2)c2cc3ccccc3s2)cc1.c1ccc(P(c2ccccc2)c2cc3ccccc3s2)cc1. The first-order chi connectivity index (χ1) is 21.8. The Hall–Kier alpha value is -3.90. The van der Waals surface area contributed by atoms with Crippen molar-refractivity contribution >= 4 is 89.1 Å². The molecule has 0 bridgehead atoms. The van der Waals surface area contributed by atoms with Gasteiger partial charge in [-0.05, 0) is 72.1 Å². The Kier molecular flexibility index (Phi) is 9.06. The van der Waals surface area contributed by atoms with E-state index in [0.29, 0.717) is 0 Å². The van der Waals surface area contributed by atoms with Crippen LogP contribution in [0, 0.1) is 0 Å². The number of benzene rings is 6. The topological polar surface area (TPSA) is 0 Å². The van der Waals surface area contributed by atoms with Crippen molar-refractivity contribution < 1.29 is 0 Å². The van der Waals surface area contributed by atoms with Crippen LogP contribution in [0.1, 0.15) is 0 Å². The van der Waals surface area contributed by atoms with E-state index in [2.05, 4.69) is 182 Å². The van der Waals surface area contributed by atoms with Gasteiger partial charge in [-0.3, -0.25) is 0 Å². The van der Waals surface area contributed by atoms with Crippen molar-refractivity contribution in [3.63, 3.8) is 0 Å². The summed E-state index contributed by atoms with van der Waals surface area (Å²) < 4.78 is 5.68. The highest BCUT2D eigenvalue weighted by Crippen LogP contribution is 2.38. The molecule has 0 aliphatic heterocycles. The molecule has 0 saturated carbocycles. The number of hydrogen-bond acceptors (Lipinski definition) is 2. The average molecular weight is 637 g/mol. The van der Waals surface area contributed by atoms with Crippen LogP contribution in [-0.2, 0) is 0 Å². The van der Waals surface area contributed by atoms with E-state index in [1.807, 2.05) is 22.7 Å². The normalized spacial score (nSPS) is 11.1. The van der Waals surface area contributed by atoms with Crippen LogP contribution in [0.4, 0.5) is 0 Å². The van der Waals surface area contributed by atoms with E-state index >= 15 is 0 Å². The smallest absolute Gasteiger partial charge is 0.0381 e. The summed E-state index contributed by atoms with van der Waals surface area (Å²) in [5, 5.41) is 8.35. The summed E-state index contributed by atoms with van der Waals surface area (Å²) in [5.41, 5.74) is 0. The van der Waals surface area contributed by atoms with Crippen molar-refractivity contribution in [3.05, 3.63) is 182 Å². The first-order valence-corrected chi connectivity index (χ1v) is 18.9. The molecule has 0 saturated heterocycles. The van der Waals surface area contributed by atoms with Crippen LogP contribution < -0.4 is 30.5 Å². The van der Waals surface area contributed by atoms with Gasteiger partial charge >= 0.3 is 0 Å². The molecule has 0 nitrogen and oxygen atoms in total. The molecule has 212 valence electrons. The Morgan fingerprint density at radius 2 is 0.568 bits per heavy atom. The lowest BCUT2D eigenvalue weighted by Crippen LogP contribution is -2.18. The van der Waals surface area contributed by atoms with Gasteiger partial charge in [-0.2, -0.15) is 0 Å². The molecule has 0 radical (unpaired) electrons. The highest BCUT2D eigenvalue weighted by molar-refractivity contribution is 7.85. The second-order valence-electron chi connectivity index (χ2n) is 10.3. The molecule has 0 spiro atoms. The number of thiophene rings is 2. The summed E-state index contributed by atoms with van der Waals surface area (Å²) in [6, 6.07) is 65.6. The molecule has 0 unspecified atom stereocenters. The van der Waals surface area contributed by atoms with Gasteiger partial charge in [-0.15, -0.1) is 22.7 Å². The zero-order chi connectivity index (χ0) is 29.6. The van der Waals surface area contributed by atoms with E-state index in [1.54, 1.807) is 0 Å². The second kappa shape index (κ2) is 13.8. The summed E-state index contributed by atoms with van der Waals surface area (Å²) in [4.78, 5) is 0. The van der Waals surface area contributed by atoms with Crippen LogP contribution in [0.15, 0.2) is 182 Å². The van der Waals surface area contributed by atoms with E-state index in [9.17, 15) is 0 Å². The summed E-state index contributed by atoms with van der Waals surface area (Å²) in [7, 11) is -0.949. The van der Waals surface area contributed by atoms with Crippen LogP contribution in [0.25, 0.3) is 20.2 Å². The van der Waals surface area contributed by atoms with Crippen molar-refractivity contribution in [3.8, 4) is 0 Å². The van der Waals surface area contributed by atoms with Gasteiger partial charge in [0.1, 0.15) is 0 Å². The summed E-state index contributed by atoms with van der Waals surface area (Å²) in [5.74, 6) is 0. The van der Waals surface area contributed by atoms with Crippen LogP contribution in [0.3, 0.4) is 0 Å². The molecule has 44 heavy (non-hydrogen) atoms. The first-order valence-electron chi connectivity index (χ1n) is 14.6. The number of hydrogen-bond donors (Lipinski definition) is 0. The second-order valence-corrected chi connectivity index (χ2v) is 17.4. The standard InChI is InChI=1S/2C20H15PS/c2*1-3-10-17(11-4-1)21(18-12-5-2-6-13-18)20-15-16-9-7-8-14-19(16)22-20/h2*1-15H. The van der Waals surface area contributed by atoms with Crippen molar-refractivity contribution in [1.29, 1.82) is 0 Å². The number of fused-ring (bicyclic) bond motifs is 2. The molecule has 0 aliphatic carbocycles. The molecular weight excluding hydrogens is 607 g/mol. The van der Waals surface area contributed by atoms with Crippen LogP contribution >= 0.6 is 38.5 Å². The molecule has 0 aliphatic rings. The fourth-order valence-corrected chi connectivity index (χ4v) is 13.5.